The van der Waals surface area contributed by atoms with Crippen molar-refractivity contribution in [2.45, 2.75) is 5.92 Å². The van der Waals surface area contributed by atoms with Crippen molar-refractivity contribution >= 4 is 0 Å². The van der Waals surface area contributed by atoms with Crippen molar-refractivity contribution in [3.05, 3.63) is 71.3 Å². The minimum Gasteiger partial charge on any atom is -0.207 e. The molecule has 0 N–H and O–H groups in total. The van der Waals surface area contributed by atoms with Crippen LogP contribution in [0.4, 0.5) is 17.6 Å². The van der Waals surface area contributed by atoms with Crippen LogP contribution in [0.3, 0.4) is 0 Å². The lowest BCUT2D eigenvalue weighted by molar-refractivity contribution is 0.0427. The fraction of sp³-hybridized carbons (Fsp3) is 0.0769. The van der Waals surface area contributed by atoms with Crippen LogP contribution in [0.25, 0.3) is 0 Å². The number of halogens is 4. The first-order chi connectivity index (χ1) is 8.00. The summed E-state index contributed by atoms with van der Waals surface area (Å²) in [6.07, 6.45) is 0. The zero-order chi connectivity index (χ0) is 12.5. The maximum absolute atomic E-state index is 13.9. The van der Waals surface area contributed by atoms with E-state index in [0.717, 1.165) is 48.5 Å². The van der Waals surface area contributed by atoms with E-state index in [4.69, 9.17) is 0 Å². The summed E-state index contributed by atoms with van der Waals surface area (Å²) < 4.78 is 53.1. The first kappa shape index (κ1) is 11.6. The molecule has 0 spiro atoms. The maximum Gasteiger partial charge on any atom is 0.298 e. The summed E-state index contributed by atoms with van der Waals surface area (Å²) in [5, 5.41) is 0. The Morgan fingerprint density at radius 3 is 1.18 bits per heavy atom. The lowest BCUT2D eigenvalue weighted by atomic mass is 10.0. The second kappa shape index (κ2) is 4.20. The molecule has 0 aliphatic carbocycles. The summed E-state index contributed by atoms with van der Waals surface area (Å²) in [5.41, 5.74) is -0.656. The molecular formula is C13H8F4. The molecule has 0 amide bonds. The van der Waals surface area contributed by atoms with Gasteiger partial charge in [-0.15, -0.1) is 0 Å². The number of benzene rings is 2. The standard InChI is InChI=1S/C13H8F4/c14-11-5-1-9(2-6-11)13(16,17)10-3-7-12(15)8-4-10/h1-8H. The Labute approximate surface area is 95.5 Å². The monoisotopic (exact) mass is 240 g/mol. The van der Waals surface area contributed by atoms with Crippen molar-refractivity contribution in [1.29, 1.82) is 0 Å². The predicted octanol–water partition coefficient (Wildman–Crippen LogP) is 4.10. The van der Waals surface area contributed by atoms with Crippen LogP contribution in [0.5, 0.6) is 0 Å². The average Bonchev–Trinajstić information content (AvgIpc) is 2.30. The quantitative estimate of drug-likeness (QED) is 0.693. The topological polar surface area (TPSA) is 0 Å². The van der Waals surface area contributed by atoms with Crippen molar-refractivity contribution in [2.24, 2.45) is 0 Å². The molecule has 2 aromatic carbocycles. The van der Waals surface area contributed by atoms with Crippen molar-refractivity contribution in [1.82, 2.24) is 0 Å². The van der Waals surface area contributed by atoms with Gasteiger partial charge in [0.2, 0.25) is 0 Å². The van der Waals surface area contributed by atoms with Crippen LogP contribution in [0.2, 0.25) is 0 Å². The van der Waals surface area contributed by atoms with Crippen LogP contribution in [0.1, 0.15) is 11.1 Å². The second-order valence-corrected chi connectivity index (χ2v) is 3.59. The fourth-order valence-electron chi connectivity index (χ4n) is 1.49. The van der Waals surface area contributed by atoms with E-state index in [9.17, 15) is 17.6 Å². The van der Waals surface area contributed by atoms with E-state index < -0.39 is 17.6 Å². The molecule has 0 radical (unpaired) electrons. The molecule has 0 aliphatic rings. The summed E-state index contributed by atoms with van der Waals surface area (Å²) in [7, 11) is 0. The van der Waals surface area contributed by atoms with E-state index in [-0.39, 0.29) is 11.1 Å². The van der Waals surface area contributed by atoms with E-state index in [1.807, 2.05) is 0 Å². The van der Waals surface area contributed by atoms with Crippen LogP contribution < -0.4 is 0 Å². The molecule has 17 heavy (non-hydrogen) atoms. The second-order valence-electron chi connectivity index (χ2n) is 3.59. The molecule has 0 atom stereocenters. The van der Waals surface area contributed by atoms with Gasteiger partial charge in [0.05, 0.1) is 0 Å². The van der Waals surface area contributed by atoms with Crippen LogP contribution in [-0.2, 0) is 5.92 Å². The third kappa shape index (κ3) is 2.30. The molecule has 0 heterocycles. The van der Waals surface area contributed by atoms with E-state index in [1.165, 1.54) is 0 Å². The van der Waals surface area contributed by atoms with Crippen LogP contribution in [0, 0.1) is 11.6 Å². The summed E-state index contributed by atoms with van der Waals surface area (Å²) in [6.45, 7) is 0. The first-order valence-corrected chi connectivity index (χ1v) is 4.90. The van der Waals surface area contributed by atoms with E-state index in [2.05, 4.69) is 0 Å². The highest BCUT2D eigenvalue weighted by Crippen LogP contribution is 2.35. The third-order valence-electron chi connectivity index (χ3n) is 2.41. The molecular weight excluding hydrogens is 232 g/mol. The summed E-state index contributed by atoms with van der Waals surface area (Å²) in [5.74, 6) is -4.42. The number of hydrogen-bond acceptors (Lipinski definition) is 0. The molecule has 0 saturated carbocycles. The van der Waals surface area contributed by atoms with Gasteiger partial charge in [-0.1, -0.05) is 0 Å². The Balaban J connectivity index is 2.41. The Morgan fingerprint density at radius 2 is 0.882 bits per heavy atom. The smallest absolute Gasteiger partial charge is 0.207 e. The molecule has 4 heteroatoms. The molecule has 0 saturated heterocycles. The van der Waals surface area contributed by atoms with E-state index in [0.29, 0.717) is 0 Å². The summed E-state index contributed by atoms with van der Waals surface area (Å²) in [6, 6.07) is 7.91. The van der Waals surface area contributed by atoms with Crippen LogP contribution >= 0.6 is 0 Å². The predicted molar refractivity (Wildman–Crippen MR) is 55.8 cm³/mol. The van der Waals surface area contributed by atoms with Gasteiger partial charge in [-0.25, -0.2) is 8.78 Å². The molecule has 0 nitrogen and oxygen atoms in total. The Morgan fingerprint density at radius 1 is 0.588 bits per heavy atom. The van der Waals surface area contributed by atoms with Crippen LogP contribution in [0.15, 0.2) is 48.5 Å². The minimum atomic E-state index is -3.26. The van der Waals surface area contributed by atoms with Crippen molar-refractivity contribution in [3.63, 3.8) is 0 Å². The van der Waals surface area contributed by atoms with Gasteiger partial charge in [-0.2, -0.15) is 8.78 Å². The largest absolute Gasteiger partial charge is 0.298 e. The Hall–Kier alpha value is -1.84. The van der Waals surface area contributed by atoms with E-state index in [1.54, 1.807) is 0 Å². The lowest BCUT2D eigenvalue weighted by Gasteiger charge is -2.17. The Bertz CT molecular complexity index is 452. The van der Waals surface area contributed by atoms with Gasteiger partial charge in [0.1, 0.15) is 11.6 Å². The van der Waals surface area contributed by atoms with E-state index >= 15 is 0 Å². The van der Waals surface area contributed by atoms with Crippen molar-refractivity contribution in [2.75, 3.05) is 0 Å². The fourth-order valence-corrected chi connectivity index (χ4v) is 1.49. The minimum absolute atomic E-state index is 0.328. The summed E-state index contributed by atoms with van der Waals surface area (Å²) >= 11 is 0. The molecule has 0 unspecified atom stereocenters. The normalized spacial score (nSPS) is 11.5. The van der Waals surface area contributed by atoms with Crippen LogP contribution in [-0.4, -0.2) is 0 Å². The highest BCUT2D eigenvalue weighted by Gasteiger charge is 2.33. The molecule has 0 fully saturated rings. The highest BCUT2D eigenvalue weighted by molar-refractivity contribution is 5.33. The average molecular weight is 240 g/mol. The van der Waals surface area contributed by atoms with Crippen molar-refractivity contribution < 1.29 is 17.6 Å². The highest BCUT2D eigenvalue weighted by atomic mass is 19.3. The SMILES string of the molecule is Fc1ccc(C(F)(F)c2ccc(F)cc2)cc1. The number of hydrogen-bond donors (Lipinski definition) is 0. The molecule has 88 valence electrons. The van der Waals surface area contributed by atoms with Crippen molar-refractivity contribution in [3.8, 4) is 0 Å². The first-order valence-electron chi connectivity index (χ1n) is 4.90. The van der Waals surface area contributed by atoms with Gasteiger partial charge in [0.15, 0.2) is 0 Å². The van der Waals surface area contributed by atoms with Gasteiger partial charge >= 0.3 is 0 Å². The summed E-state index contributed by atoms with van der Waals surface area (Å²) in [4.78, 5) is 0. The van der Waals surface area contributed by atoms with Gasteiger partial charge in [0, 0.05) is 11.1 Å². The molecule has 0 aromatic heterocycles. The van der Waals surface area contributed by atoms with Gasteiger partial charge < -0.3 is 0 Å². The van der Waals surface area contributed by atoms with Gasteiger partial charge in [-0.3, -0.25) is 0 Å². The molecule has 2 rings (SSSR count). The molecule has 0 bridgehead atoms. The third-order valence-corrected chi connectivity index (χ3v) is 2.41. The number of rotatable bonds is 2. The molecule has 2 aromatic rings. The van der Waals surface area contributed by atoms with Gasteiger partial charge in [0.25, 0.3) is 5.92 Å². The lowest BCUT2D eigenvalue weighted by Crippen LogP contribution is -2.15. The zero-order valence-electron chi connectivity index (χ0n) is 8.63. The number of alkyl halides is 2. The molecule has 0 aliphatic heterocycles. The van der Waals surface area contributed by atoms with Gasteiger partial charge in [-0.05, 0) is 48.5 Å². The Kier molecular flexibility index (Phi) is 2.88. The zero-order valence-corrected chi connectivity index (χ0v) is 8.63. The maximum atomic E-state index is 13.9.